The van der Waals surface area contributed by atoms with Gasteiger partial charge in [0.1, 0.15) is 0 Å². The molecule has 0 bridgehead atoms. The highest BCUT2D eigenvalue weighted by Crippen LogP contribution is 2.40. The minimum absolute atomic E-state index is 0.110. The average molecular weight is 340 g/mol. The topological polar surface area (TPSA) is 18.5 Å². The minimum Gasteiger partial charge on any atom is -0.342 e. The van der Waals surface area contributed by atoms with Crippen molar-refractivity contribution in [2.24, 2.45) is 0 Å². The Bertz CT molecular complexity index is 413. The second-order valence-electron chi connectivity index (χ2n) is 3.97. The summed E-state index contributed by atoms with van der Waals surface area (Å²) in [7, 11) is 0. The number of rotatable bonds is 3. The first-order valence-electron chi connectivity index (χ1n) is 5.44. The van der Waals surface area contributed by atoms with Crippen LogP contribution >= 0.6 is 39.1 Å². The van der Waals surface area contributed by atoms with Crippen LogP contribution in [0.1, 0.15) is 18.9 Å². The maximum absolute atomic E-state index is 6.20. The van der Waals surface area contributed by atoms with Crippen LogP contribution < -0.4 is 0 Å². The number of alkyl halides is 1. The van der Waals surface area contributed by atoms with Gasteiger partial charge in [0, 0.05) is 10.6 Å². The van der Waals surface area contributed by atoms with Crippen LogP contribution in [0.25, 0.3) is 0 Å². The molecular formula is C12H13BrCl2O2. The van der Waals surface area contributed by atoms with E-state index in [1.807, 2.05) is 6.07 Å². The fraction of sp³-hybridized carbons (Fsp3) is 0.500. The molecule has 0 N–H and O–H groups in total. The largest absolute Gasteiger partial charge is 0.342 e. The van der Waals surface area contributed by atoms with Gasteiger partial charge >= 0.3 is 0 Å². The third-order valence-electron chi connectivity index (χ3n) is 2.83. The van der Waals surface area contributed by atoms with Crippen LogP contribution in [0.15, 0.2) is 18.2 Å². The Morgan fingerprint density at radius 3 is 2.76 bits per heavy atom. The molecule has 1 heterocycles. The molecule has 0 saturated carbocycles. The summed E-state index contributed by atoms with van der Waals surface area (Å²) in [6.45, 7) is 2.66. The van der Waals surface area contributed by atoms with Crippen molar-refractivity contribution in [3.63, 3.8) is 0 Å². The Morgan fingerprint density at radius 1 is 1.47 bits per heavy atom. The Morgan fingerprint density at radius 2 is 2.24 bits per heavy atom. The van der Waals surface area contributed by atoms with Gasteiger partial charge in [-0.05, 0) is 18.6 Å². The van der Waals surface area contributed by atoms with E-state index in [0.717, 1.165) is 12.0 Å². The van der Waals surface area contributed by atoms with Crippen LogP contribution in [0.2, 0.25) is 10.0 Å². The SMILES string of the molecule is CC[C@H]1CO[C@@](CBr)(c2ccc(Cl)cc2Cl)O1. The van der Waals surface area contributed by atoms with Crippen LogP contribution in [0.3, 0.4) is 0 Å². The van der Waals surface area contributed by atoms with E-state index < -0.39 is 5.79 Å². The molecule has 1 saturated heterocycles. The van der Waals surface area contributed by atoms with Gasteiger partial charge in [-0.15, -0.1) is 0 Å². The van der Waals surface area contributed by atoms with Gasteiger partial charge in [-0.2, -0.15) is 0 Å². The Balaban J connectivity index is 2.35. The molecule has 0 spiro atoms. The van der Waals surface area contributed by atoms with Crippen LogP contribution in [0, 0.1) is 0 Å². The standard InChI is InChI=1S/C12H13BrCl2O2/c1-2-9-6-16-12(7-13,17-9)10-4-3-8(14)5-11(10)15/h3-5,9H,2,6-7H2,1H3/t9-,12+/m0/s1. The number of halogens is 3. The molecule has 2 atom stereocenters. The Labute approximate surface area is 119 Å². The molecule has 1 aromatic carbocycles. The van der Waals surface area contributed by atoms with Gasteiger partial charge in [-0.25, -0.2) is 0 Å². The quantitative estimate of drug-likeness (QED) is 0.761. The van der Waals surface area contributed by atoms with Gasteiger partial charge in [0.15, 0.2) is 0 Å². The van der Waals surface area contributed by atoms with Gasteiger partial charge in [0.2, 0.25) is 5.79 Å². The highest BCUT2D eigenvalue weighted by molar-refractivity contribution is 9.09. The zero-order valence-electron chi connectivity index (χ0n) is 9.38. The number of hydrogen-bond acceptors (Lipinski definition) is 2. The monoisotopic (exact) mass is 338 g/mol. The molecular weight excluding hydrogens is 327 g/mol. The molecule has 94 valence electrons. The van der Waals surface area contributed by atoms with Gasteiger partial charge in [0.05, 0.1) is 23.1 Å². The molecule has 0 amide bonds. The van der Waals surface area contributed by atoms with Gasteiger partial charge < -0.3 is 9.47 Å². The Hall–Kier alpha value is 0.200. The van der Waals surface area contributed by atoms with Gasteiger partial charge in [-0.1, -0.05) is 52.1 Å². The summed E-state index contributed by atoms with van der Waals surface area (Å²) >= 11 is 15.5. The van der Waals surface area contributed by atoms with E-state index in [2.05, 4.69) is 22.9 Å². The fourth-order valence-corrected chi connectivity index (χ4v) is 3.00. The van der Waals surface area contributed by atoms with Gasteiger partial charge in [0.25, 0.3) is 0 Å². The van der Waals surface area contributed by atoms with Gasteiger partial charge in [-0.3, -0.25) is 0 Å². The highest BCUT2D eigenvalue weighted by Gasteiger charge is 2.43. The first-order valence-corrected chi connectivity index (χ1v) is 7.32. The lowest BCUT2D eigenvalue weighted by molar-refractivity contribution is -0.156. The first kappa shape index (κ1) is 13.6. The molecule has 1 aliphatic rings. The summed E-state index contributed by atoms with van der Waals surface area (Å²) in [6.07, 6.45) is 1.03. The van der Waals surface area contributed by atoms with Crippen molar-refractivity contribution < 1.29 is 9.47 Å². The normalized spacial score (nSPS) is 28.6. The second-order valence-corrected chi connectivity index (χ2v) is 5.37. The maximum Gasteiger partial charge on any atom is 0.206 e. The van der Waals surface area contributed by atoms with Crippen molar-refractivity contribution in [2.45, 2.75) is 25.2 Å². The number of hydrogen-bond donors (Lipinski definition) is 0. The number of benzene rings is 1. The smallest absolute Gasteiger partial charge is 0.206 e. The van der Waals surface area contributed by atoms with E-state index in [1.165, 1.54) is 0 Å². The lowest BCUT2D eigenvalue weighted by Crippen LogP contribution is -2.30. The van der Waals surface area contributed by atoms with Crippen LogP contribution in [0.4, 0.5) is 0 Å². The van der Waals surface area contributed by atoms with E-state index >= 15 is 0 Å². The first-order chi connectivity index (χ1) is 8.11. The van der Waals surface area contributed by atoms with Crippen molar-refractivity contribution in [1.29, 1.82) is 0 Å². The summed E-state index contributed by atoms with van der Waals surface area (Å²) in [5, 5.41) is 1.71. The van der Waals surface area contributed by atoms with Crippen LogP contribution in [0.5, 0.6) is 0 Å². The molecule has 1 fully saturated rings. The molecule has 0 aliphatic carbocycles. The van der Waals surface area contributed by atoms with Crippen molar-refractivity contribution >= 4 is 39.1 Å². The summed E-state index contributed by atoms with van der Waals surface area (Å²) in [5.41, 5.74) is 0.816. The average Bonchev–Trinajstić information content (AvgIpc) is 2.74. The lowest BCUT2D eigenvalue weighted by atomic mass is 10.1. The highest BCUT2D eigenvalue weighted by atomic mass is 79.9. The third kappa shape index (κ3) is 2.64. The molecule has 17 heavy (non-hydrogen) atoms. The second kappa shape index (κ2) is 5.45. The van der Waals surface area contributed by atoms with E-state index in [0.29, 0.717) is 22.0 Å². The predicted molar refractivity (Wildman–Crippen MR) is 73.1 cm³/mol. The fourth-order valence-electron chi connectivity index (χ4n) is 1.85. The molecule has 5 heteroatoms. The zero-order valence-corrected chi connectivity index (χ0v) is 12.5. The number of ether oxygens (including phenoxy) is 2. The molecule has 1 aromatic rings. The lowest BCUT2D eigenvalue weighted by Gasteiger charge is -2.27. The van der Waals surface area contributed by atoms with Crippen molar-refractivity contribution in [1.82, 2.24) is 0 Å². The zero-order chi connectivity index (χ0) is 12.5. The summed E-state index contributed by atoms with van der Waals surface area (Å²) in [4.78, 5) is 0. The molecule has 0 unspecified atom stereocenters. The minimum atomic E-state index is -0.789. The van der Waals surface area contributed by atoms with Crippen molar-refractivity contribution in [2.75, 3.05) is 11.9 Å². The predicted octanol–water partition coefficient (Wildman–Crippen LogP) is 4.37. The van der Waals surface area contributed by atoms with E-state index in [4.69, 9.17) is 32.7 Å². The summed E-state index contributed by atoms with van der Waals surface area (Å²) in [6, 6.07) is 5.35. The molecule has 2 nitrogen and oxygen atoms in total. The van der Waals surface area contributed by atoms with E-state index in [9.17, 15) is 0 Å². The van der Waals surface area contributed by atoms with Crippen molar-refractivity contribution in [3.8, 4) is 0 Å². The maximum atomic E-state index is 6.20. The molecule has 2 rings (SSSR count). The van der Waals surface area contributed by atoms with Crippen LogP contribution in [-0.4, -0.2) is 18.0 Å². The summed E-state index contributed by atoms with van der Waals surface area (Å²) in [5.74, 6) is -0.789. The van der Waals surface area contributed by atoms with Crippen LogP contribution in [-0.2, 0) is 15.3 Å². The Kier molecular flexibility index (Phi) is 4.37. The summed E-state index contributed by atoms with van der Waals surface area (Å²) < 4.78 is 11.8. The van der Waals surface area contributed by atoms with E-state index in [1.54, 1.807) is 12.1 Å². The van der Waals surface area contributed by atoms with Crippen molar-refractivity contribution in [3.05, 3.63) is 33.8 Å². The van der Waals surface area contributed by atoms with E-state index in [-0.39, 0.29) is 6.10 Å². The molecule has 0 aromatic heterocycles. The molecule has 1 aliphatic heterocycles. The third-order valence-corrected chi connectivity index (χ3v) is 4.12. The molecule has 0 radical (unpaired) electrons.